The minimum absolute atomic E-state index is 0.149. The van der Waals surface area contributed by atoms with E-state index in [1.54, 1.807) is 18.2 Å². The van der Waals surface area contributed by atoms with Crippen LogP contribution in [0.4, 0.5) is 0 Å². The summed E-state index contributed by atoms with van der Waals surface area (Å²) in [6.07, 6.45) is 4.75. The van der Waals surface area contributed by atoms with Gasteiger partial charge in [0.05, 0.1) is 11.1 Å². The van der Waals surface area contributed by atoms with Gasteiger partial charge in [-0.05, 0) is 44.8 Å². The molecule has 2 aliphatic rings. The molecule has 0 spiro atoms. The Labute approximate surface area is 175 Å². The van der Waals surface area contributed by atoms with Crippen LogP contribution in [-0.4, -0.2) is 58.9 Å². The largest absolute Gasteiger partial charge is 0.507 e. The third-order valence-corrected chi connectivity index (χ3v) is 6.18. The number of fused-ring (bicyclic) bond motifs is 2. The number of aromatic hydroxyl groups is 1. The zero-order valence-electron chi connectivity index (χ0n) is 17.2. The van der Waals surface area contributed by atoms with Gasteiger partial charge < -0.3 is 19.7 Å². The first-order chi connectivity index (χ1) is 14.5. The standard InChI is InChI=1S/C24H25N3O3/c1-26(2)16-9-10-27(13-16)14-19-21(28)8-7-18-23(29)22(30-24(18)19)11-15-12-25-20-6-4-3-5-17(15)20/h3-8,11-12,16,25,28H,9-10,13-14H2,1-2H3/b22-11-. The van der Waals surface area contributed by atoms with Gasteiger partial charge in [-0.25, -0.2) is 0 Å². The molecular weight excluding hydrogens is 378 g/mol. The number of hydrogen-bond donors (Lipinski definition) is 2. The number of Topliss-reactive ketones (excluding diaryl/α,β-unsaturated/α-hetero) is 1. The Morgan fingerprint density at radius 2 is 2.10 bits per heavy atom. The topological polar surface area (TPSA) is 68.8 Å². The number of likely N-dealkylation sites (tertiary alicyclic amines) is 1. The lowest BCUT2D eigenvalue weighted by molar-refractivity contribution is 0.101. The summed E-state index contributed by atoms with van der Waals surface area (Å²) in [6, 6.07) is 11.7. The van der Waals surface area contributed by atoms with Gasteiger partial charge in [-0.1, -0.05) is 18.2 Å². The molecule has 1 fully saturated rings. The highest BCUT2D eigenvalue weighted by Gasteiger charge is 2.33. The fourth-order valence-corrected chi connectivity index (χ4v) is 4.41. The van der Waals surface area contributed by atoms with Crippen molar-refractivity contribution in [1.29, 1.82) is 0 Å². The number of ether oxygens (including phenoxy) is 1. The number of likely N-dealkylation sites (N-methyl/N-ethyl adjacent to an activating group) is 1. The van der Waals surface area contributed by atoms with Crippen molar-refractivity contribution in [3.05, 3.63) is 65.0 Å². The molecule has 1 saturated heterocycles. The smallest absolute Gasteiger partial charge is 0.231 e. The molecule has 1 unspecified atom stereocenters. The molecule has 2 aliphatic heterocycles. The van der Waals surface area contributed by atoms with E-state index < -0.39 is 0 Å². The van der Waals surface area contributed by atoms with Crippen LogP contribution in [0, 0.1) is 0 Å². The normalized spacial score (nSPS) is 20.4. The third-order valence-electron chi connectivity index (χ3n) is 6.18. The Morgan fingerprint density at radius 3 is 2.90 bits per heavy atom. The summed E-state index contributed by atoms with van der Waals surface area (Å²) in [4.78, 5) is 20.7. The number of H-pyrrole nitrogens is 1. The van der Waals surface area contributed by atoms with E-state index in [1.165, 1.54) is 0 Å². The van der Waals surface area contributed by atoms with E-state index >= 15 is 0 Å². The van der Waals surface area contributed by atoms with Gasteiger partial charge in [-0.2, -0.15) is 0 Å². The molecule has 154 valence electrons. The first-order valence-corrected chi connectivity index (χ1v) is 10.3. The summed E-state index contributed by atoms with van der Waals surface area (Å²) in [6.45, 7) is 2.45. The number of phenolic OH excluding ortho intramolecular Hbond substituents is 1. The highest BCUT2D eigenvalue weighted by atomic mass is 16.5. The van der Waals surface area contributed by atoms with Crippen molar-refractivity contribution in [3.8, 4) is 11.5 Å². The van der Waals surface area contributed by atoms with Gasteiger partial charge in [0.15, 0.2) is 5.76 Å². The van der Waals surface area contributed by atoms with E-state index in [1.807, 2.05) is 30.5 Å². The van der Waals surface area contributed by atoms with Crippen LogP contribution >= 0.6 is 0 Å². The average Bonchev–Trinajstić information content (AvgIpc) is 3.44. The molecule has 5 rings (SSSR count). The van der Waals surface area contributed by atoms with Crippen molar-refractivity contribution in [2.75, 3.05) is 27.2 Å². The number of ketones is 1. The van der Waals surface area contributed by atoms with Gasteiger partial charge in [0.25, 0.3) is 0 Å². The lowest BCUT2D eigenvalue weighted by atomic mass is 10.0. The highest BCUT2D eigenvalue weighted by Crippen LogP contribution is 2.40. The first kappa shape index (κ1) is 18.9. The highest BCUT2D eigenvalue weighted by molar-refractivity contribution is 6.15. The summed E-state index contributed by atoms with van der Waals surface area (Å²) in [5.74, 6) is 0.793. The molecule has 0 radical (unpaired) electrons. The molecule has 2 N–H and O–H groups in total. The zero-order chi connectivity index (χ0) is 20.8. The molecule has 6 nitrogen and oxygen atoms in total. The summed E-state index contributed by atoms with van der Waals surface area (Å²) in [5.41, 5.74) is 3.11. The van der Waals surface area contributed by atoms with Gasteiger partial charge >= 0.3 is 0 Å². The molecule has 6 heteroatoms. The Kier molecular flexibility index (Phi) is 4.60. The van der Waals surface area contributed by atoms with E-state index in [0.717, 1.165) is 36.0 Å². The van der Waals surface area contributed by atoms with Crippen LogP contribution in [0.15, 0.2) is 48.4 Å². The predicted octanol–water partition coefficient (Wildman–Crippen LogP) is 3.63. The van der Waals surface area contributed by atoms with Crippen molar-refractivity contribution < 1.29 is 14.6 Å². The minimum atomic E-state index is -0.149. The second-order valence-electron chi connectivity index (χ2n) is 8.31. The first-order valence-electron chi connectivity index (χ1n) is 10.3. The summed E-state index contributed by atoms with van der Waals surface area (Å²) >= 11 is 0. The van der Waals surface area contributed by atoms with E-state index in [9.17, 15) is 9.90 Å². The number of benzene rings is 2. The average molecular weight is 403 g/mol. The molecule has 30 heavy (non-hydrogen) atoms. The summed E-state index contributed by atoms with van der Waals surface area (Å²) in [5, 5.41) is 11.6. The SMILES string of the molecule is CN(C)C1CCN(Cc2c(O)ccc3c2O/C(=C\c2c[nH]c4ccccc24)C3=O)C1. The number of rotatable bonds is 4. The maximum Gasteiger partial charge on any atom is 0.231 e. The Morgan fingerprint density at radius 1 is 1.27 bits per heavy atom. The Balaban J connectivity index is 1.45. The molecule has 0 aliphatic carbocycles. The van der Waals surface area contributed by atoms with E-state index in [0.29, 0.717) is 29.5 Å². The van der Waals surface area contributed by atoms with E-state index in [4.69, 9.17) is 4.74 Å². The Hall–Kier alpha value is -3.09. The maximum atomic E-state index is 13.0. The van der Waals surface area contributed by atoms with Crippen LogP contribution in [0.3, 0.4) is 0 Å². The zero-order valence-corrected chi connectivity index (χ0v) is 17.2. The van der Waals surface area contributed by atoms with E-state index in [-0.39, 0.29) is 17.3 Å². The summed E-state index contributed by atoms with van der Waals surface area (Å²) < 4.78 is 6.04. The van der Waals surface area contributed by atoms with Crippen LogP contribution < -0.4 is 4.74 Å². The second kappa shape index (κ2) is 7.31. The van der Waals surface area contributed by atoms with Gasteiger partial charge in [0.2, 0.25) is 5.78 Å². The van der Waals surface area contributed by atoms with Gasteiger partial charge in [-0.3, -0.25) is 9.69 Å². The van der Waals surface area contributed by atoms with Crippen molar-refractivity contribution in [3.63, 3.8) is 0 Å². The molecule has 2 aromatic carbocycles. The Bertz CT molecular complexity index is 1160. The number of carbonyl (C=O) groups is 1. The van der Waals surface area contributed by atoms with Crippen molar-refractivity contribution in [1.82, 2.24) is 14.8 Å². The number of nitrogens with one attached hydrogen (secondary N) is 1. The number of nitrogens with zero attached hydrogens (tertiary/aromatic N) is 2. The molecular formula is C24H25N3O3. The van der Waals surface area contributed by atoms with Crippen LogP contribution in [0.5, 0.6) is 11.5 Å². The number of carbonyl (C=O) groups excluding carboxylic acids is 1. The quantitative estimate of drug-likeness (QED) is 0.651. The lowest BCUT2D eigenvalue weighted by Crippen LogP contribution is -2.31. The van der Waals surface area contributed by atoms with Crippen LogP contribution in [0.25, 0.3) is 17.0 Å². The van der Waals surface area contributed by atoms with Crippen LogP contribution in [0.1, 0.15) is 27.9 Å². The predicted molar refractivity (Wildman–Crippen MR) is 117 cm³/mol. The van der Waals surface area contributed by atoms with Crippen LogP contribution in [0.2, 0.25) is 0 Å². The number of hydrogen-bond acceptors (Lipinski definition) is 5. The monoisotopic (exact) mass is 403 g/mol. The third kappa shape index (κ3) is 3.18. The molecule has 0 bridgehead atoms. The molecule has 3 aromatic rings. The number of para-hydroxylation sites is 1. The van der Waals surface area contributed by atoms with Gasteiger partial charge in [-0.15, -0.1) is 0 Å². The number of allylic oxidation sites excluding steroid dienone is 1. The maximum absolute atomic E-state index is 13.0. The van der Waals surface area contributed by atoms with Crippen molar-refractivity contribution in [2.24, 2.45) is 0 Å². The molecule has 1 aromatic heterocycles. The van der Waals surface area contributed by atoms with Crippen molar-refractivity contribution >= 4 is 22.8 Å². The van der Waals surface area contributed by atoms with Crippen LogP contribution in [-0.2, 0) is 6.54 Å². The molecule has 3 heterocycles. The number of aromatic nitrogens is 1. The van der Waals surface area contributed by atoms with Gasteiger partial charge in [0.1, 0.15) is 11.5 Å². The summed E-state index contributed by atoms with van der Waals surface area (Å²) in [7, 11) is 4.19. The fourth-order valence-electron chi connectivity index (χ4n) is 4.41. The molecule has 0 amide bonds. The minimum Gasteiger partial charge on any atom is -0.507 e. The van der Waals surface area contributed by atoms with Crippen molar-refractivity contribution in [2.45, 2.75) is 19.0 Å². The number of phenols is 1. The van der Waals surface area contributed by atoms with Gasteiger partial charge in [0, 0.05) is 48.3 Å². The van der Waals surface area contributed by atoms with E-state index in [2.05, 4.69) is 28.9 Å². The second-order valence-corrected chi connectivity index (χ2v) is 8.31. The molecule has 1 atom stereocenters. The number of aromatic amines is 1. The molecule has 0 saturated carbocycles. The fraction of sp³-hybridized carbons (Fsp3) is 0.292. The lowest BCUT2D eigenvalue weighted by Gasteiger charge is -2.21.